The molecule has 6 nitrogen and oxygen atoms in total. The molecule has 0 spiro atoms. The van der Waals surface area contributed by atoms with Crippen molar-refractivity contribution in [3.8, 4) is 0 Å². The van der Waals surface area contributed by atoms with Crippen molar-refractivity contribution in [2.75, 3.05) is 13.1 Å². The molecule has 2 heterocycles. The van der Waals surface area contributed by atoms with Crippen LogP contribution in [0.3, 0.4) is 0 Å². The maximum Gasteiger partial charge on any atom is 0.263 e. The topological polar surface area (TPSA) is 68.1 Å². The van der Waals surface area contributed by atoms with Gasteiger partial charge in [0.1, 0.15) is 0 Å². The van der Waals surface area contributed by atoms with E-state index in [2.05, 4.69) is 40.1 Å². The Labute approximate surface area is 122 Å². The molecule has 19 heavy (non-hydrogen) atoms. The maximum absolute atomic E-state index is 12.7. The minimum Gasteiger partial charge on any atom is -0.235 e. The van der Waals surface area contributed by atoms with Gasteiger partial charge in [0.05, 0.1) is 0 Å². The third kappa shape index (κ3) is 2.45. The zero-order valence-electron chi connectivity index (χ0n) is 11.4. The van der Waals surface area contributed by atoms with Gasteiger partial charge in [-0.05, 0) is 40.6 Å². The molecule has 1 saturated heterocycles. The fourth-order valence-electron chi connectivity index (χ4n) is 2.65. The molecule has 0 atom stereocenters. The summed E-state index contributed by atoms with van der Waals surface area (Å²) >= 11 is 3.16. The predicted octanol–water partition coefficient (Wildman–Crippen LogP) is 1.78. The molecule has 0 N–H and O–H groups in total. The highest BCUT2D eigenvalue weighted by atomic mass is 79.9. The van der Waals surface area contributed by atoms with Crippen molar-refractivity contribution in [2.45, 2.75) is 38.1 Å². The van der Waals surface area contributed by atoms with Gasteiger partial charge < -0.3 is 0 Å². The monoisotopic (exact) mass is 350 g/mol. The Kier molecular flexibility index (Phi) is 4.04. The van der Waals surface area contributed by atoms with Crippen LogP contribution in [0.2, 0.25) is 0 Å². The Balaban J connectivity index is 2.33. The van der Waals surface area contributed by atoms with Crippen molar-refractivity contribution < 1.29 is 8.42 Å². The molecular formula is C11H19BrN4O2S. The van der Waals surface area contributed by atoms with Gasteiger partial charge >= 0.3 is 0 Å². The lowest BCUT2D eigenvalue weighted by molar-refractivity contribution is 0.279. The molecule has 2 rings (SSSR count). The lowest BCUT2D eigenvalue weighted by Gasteiger charge is -2.26. The molecular weight excluding hydrogens is 332 g/mol. The zero-order chi connectivity index (χ0) is 14.3. The molecule has 1 aliphatic heterocycles. The quantitative estimate of drug-likeness (QED) is 0.829. The molecule has 0 unspecified atom stereocenters. The van der Waals surface area contributed by atoms with Crippen molar-refractivity contribution >= 4 is 26.0 Å². The van der Waals surface area contributed by atoms with E-state index in [0.717, 1.165) is 19.3 Å². The highest BCUT2D eigenvalue weighted by Gasteiger charge is 2.42. The fourth-order valence-corrected chi connectivity index (χ4v) is 5.23. The normalized spacial score (nSPS) is 20.0. The van der Waals surface area contributed by atoms with E-state index in [1.165, 1.54) is 4.68 Å². The van der Waals surface area contributed by atoms with E-state index >= 15 is 0 Å². The number of nitrogens with zero attached hydrogens (tertiary/aromatic N) is 4. The third-order valence-electron chi connectivity index (χ3n) is 4.22. The Morgan fingerprint density at radius 1 is 1.37 bits per heavy atom. The minimum absolute atomic E-state index is 0.117. The van der Waals surface area contributed by atoms with E-state index in [0.29, 0.717) is 13.1 Å². The van der Waals surface area contributed by atoms with E-state index in [-0.39, 0.29) is 15.0 Å². The highest BCUT2D eigenvalue weighted by molar-refractivity contribution is 9.10. The average Bonchev–Trinajstić information content (AvgIpc) is 2.95. The largest absolute Gasteiger partial charge is 0.263 e. The first-order valence-corrected chi connectivity index (χ1v) is 8.65. The van der Waals surface area contributed by atoms with Gasteiger partial charge in [-0.1, -0.05) is 19.1 Å². The van der Waals surface area contributed by atoms with Crippen molar-refractivity contribution in [1.29, 1.82) is 0 Å². The van der Waals surface area contributed by atoms with Crippen molar-refractivity contribution in [2.24, 2.45) is 12.5 Å². The second kappa shape index (κ2) is 5.14. The van der Waals surface area contributed by atoms with E-state index in [4.69, 9.17) is 0 Å². The fraction of sp³-hybridized carbons (Fsp3) is 0.818. The van der Waals surface area contributed by atoms with Crippen molar-refractivity contribution in [3.63, 3.8) is 0 Å². The third-order valence-corrected chi connectivity index (χ3v) is 6.96. The van der Waals surface area contributed by atoms with Crippen LogP contribution >= 0.6 is 15.9 Å². The van der Waals surface area contributed by atoms with Crippen LogP contribution < -0.4 is 0 Å². The summed E-state index contributed by atoms with van der Waals surface area (Å²) in [5, 5.41) is 7.63. The summed E-state index contributed by atoms with van der Waals surface area (Å²) in [6.45, 7) is 5.41. The van der Waals surface area contributed by atoms with Gasteiger partial charge in [-0.25, -0.2) is 13.1 Å². The number of aryl methyl sites for hydroxylation is 1. The van der Waals surface area contributed by atoms with Crippen molar-refractivity contribution in [3.05, 3.63) is 4.60 Å². The van der Waals surface area contributed by atoms with Gasteiger partial charge in [0.2, 0.25) is 5.03 Å². The minimum atomic E-state index is -3.52. The first kappa shape index (κ1) is 14.9. The lowest BCUT2D eigenvalue weighted by atomic mass is 9.82. The summed E-state index contributed by atoms with van der Waals surface area (Å²) in [5.41, 5.74) is 0.117. The molecule has 0 amide bonds. The lowest BCUT2D eigenvalue weighted by Crippen LogP contribution is -2.33. The number of aromatic nitrogens is 3. The zero-order valence-corrected chi connectivity index (χ0v) is 13.8. The molecule has 0 bridgehead atoms. The first-order chi connectivity index (χ1) is 8.86. The smallest absolute Gasteiger partial charge is 0.235 e. The van der Waals surface area contributed by atoms with Crippen LogP contribution in [-0.2, 0) is 17.1 Å². The van der Waals surface area contributed by atoms with E-state index in [1.807, 2.05) is 0 Å². The Morgan fingerprint density at radius 2 is 2.00 bits per heavy atom. The molecule has 0 aliphatic carbocycles. The molecule has 0 saturated carbocycles. The second-order valence-corrected chi connectivity index (χ2v) is 7.71. The Bertz CT molecular complexity index is 546. The molecule has 8 heteroatoms. The van der Waals surface area contributed by atoms with Gasteiger partial charge in [0, 0.05) is 20.1 Å². The predicted molar refractivity (Wildman–Crippen MR) is 75.1 cm³/mol. The first-order valence-electron chi connectivity index (χ1n) is 6.41. The van der Waals surface area contributed by atoms with Crippen molar-refractivity contribution in [1.82, 2.24) is 19.3 Å². The van der Waals surface area contributed by atoms with Gasteiger partial charge in [-0.15, -0.1) is 5.10 Å². The second-order valence-electron chi connectivity index (χ2n) is 5.10. The maximum atomic E-state index is 12.7. The molecule has 1 aliphatic rings. The van der Waals surface area contributed by atoms with Gasteiger partial charge in [-0.2, -0.15) is 4.31 Å². The summed E-state index contributed by atoms with van der Waals surface area (Å²) in [7, 11) is -1.93. The average molecular weight is 351 g/mol. The Morgan fingerprint density at radius 3 is 2.42 bits per heavy atom. The number of hydrogen-bond acceptors (Lipinski definition) is 4. The van der Waals surface area contributed by atoms with Crippen LogP contribution in [0.4, 0.5) is 0 Å². The van der Waals surface area contributed by atoms with Crippen LogP contribution in [-0.4, -0.2) is 40.8 Å². The number of halogens is 1. The molecule has 0 radical (unpaired) electrons. The Hall–Kier alpha value is -0.470. The molecule has 108 valence electrons. The summed E-state index contributed by atoms with van der Waals surface area (Å²) < 4.78 is 28.4. The molecule has 1 fully saturated rings. The van der Waals surface area contributed by atoms with E-state index in [9.17, 15) is 8.42 Å². The number of hydrogen-bond donors (Lipinski definition) is 0. The van der Waals surface area contributed by atoms with E-state index in [1.54, 1.807) is 11.4 Å². The number of rotatable bonds is 4. The van der Waals surface area contributed by atoms with Crippen LogP contribution in [0.25, 0.3) is 0 Å². The summed E-state index contributed by atoms with van der Waals surface area (Å²) in [6, 6.07) is 0. The molecule has 0 aromatic carbocycles. The van der Waals surface area contributed by atoms with Gasteiger partial charge in [-0.3, -0.25) is 0 Å². The van der Waals surface area contributed by atoms with Gasteiger partial charge in [0.25, 0.3) is 10.0 Å². The summed E-state index contributed by atoms with van der Waals surface area (Å²) in [4.78, 5) is 0. The van der Waals surface area contributed by atoms with Crippen LogP contribution in [0, 0.1) is 5.41 Å². The summed E-state index contributed by atoms with van der Waals surface area (Å²) in [6.07, 6.45) is 2.92. The molecule has 1 aromatic rings. The summed E-state index contributed by atoms with van der Waals surface area (Å²) in [5.74, 6) is 0. The number of sulfonamides is 1. The SMILES string of the molecule is CCC1(CC)CCN(S(=O)(=O)c2c(Br)nnn2C)C1. The van der Waals surface area contributed by atoms with Crippen LogP contribution in [0.15, 0.2) is 9.63 Å². The van der Waals surface area contributed by atoms with Crippen LogP contribution in [0.1, 0.15) is 33.1 Å². The van der Waals surface area contributed by atoms with E-state index < -0.39 is 10.0 Å². The van der Waals surface area contributed by atoms with Crippen LogP contribution in [0.5, 0.6) is 0 Å². The van der Waals surface area contributed by atoms with Gasteiger partial charge in [0.15, 0.2) is 4.60 Å². The standard InChI is InChI=1S/C11H19BrN4O2S/c1-4-11(5-2)6-7-16(8-11)19(17,18)10-9(12)13-14-15(10)3/h4-8H2,1-3H3. The highest BCUT2D eigenvalue weighted by Crippen LogP contribution is 2.39. The molecule has 1 aromatic heterocycles.